The van der Waals surface area contributed by atoms with Crippen molar-refractivity contribution in [3.8, 4) is 0 Å². The first-order valence-corrected chi connectivity index (χ1v) is 3.48. The van der Waals surface area contributed by atoms with Crippen LogP contribution in [0, 0.1) is 5.92 Å². The number of nitrogens with zero attached hydrogens (tertiary/aromatic N) is 1. The molecule has 0 saturated carbocycles. The van der Waals surface area contributed by atoms with Crippen LogP contribution in [0.25, 0.3) is 0 Å². The predicted molar refractivity (Wildman–Crippen MR) is 46.1 cm³/mol. The van der Waals surface area contributed by atoms with Crippen LogP contribution in [-0.2, 0) is 0 Å². The molecule has 0 amide bonds. The third kappa shape index (κ3) is 3.28. The highest BCUT2D eigenvalue weighted by Gasteiger charge is 1.95. The van der Waals surface area contributed by atoms with Crippen molar-refractivity contribution >= 4 is 5.84 Å². The zero-order valence-corrected chi connectivity index (χ0v) is 7.18. The Kier molecular flexibility index (Phi) is 3.77. The molecule has 0 aromatic rings. The standard InChI is InChI=1S/C8H16N2/c1-6(2)7(3)5-8(9)10-4/h5-6H,1-4H3,(H2,9,10)/b7-5+. The van der Waals surface area contributed by atoms with Crippen LogP contribution >= 0.6 is 0 Å². The van der Waals surface area contributed by atoms with Crippen LogP contribution in [0.3, 0.4) is 0 Å². The van der Waals surface area contributed by atoms with Crippen LogP contribution in [0.2, 0.25) is 0 Å². The van der Waals surface area contributed by atoms with Gasteiger partial charge in [0.05, 0.1) is 0 Å². The Labute approximate surface area is 62.8 Å². The minimum Gasteiger partial charge on any atom is -0.384 e. The third-order valence-electron chi connectivity index (χ3n) is 1.54. The van der Waals surface area contributed by atoms with Crippen LogP contribution < -0.4 is 5.73 Å². The molecule has 0 aliphatic carbocycles. The molecular formula is C8H16N2. The van der Waals surface area contributed by atoms with E-state index in [1.54, 1.807) is 7.05 Å². The number of hydrogen-bond acceptors (Lipinski definition) is 1. The van der Waals surface area contributed by atoms with Crippen LogP contribution in [-0.4, -0.2) is 12.9 Å². The van der Waals surface area contributed by atoms with Gasteiger partial charge in [-0.05, 0) is 18.9 Å². The lowest BCUT2D eigenvalue weighted by Crippen LogP contribution is -2.09. The maximum Gasteiger partial charge on any atom is 0.117 e. The Bertz CT molecular complexity index is 155. The first-order valence-electron chi connectivity index (χ1n) is 3.48. The summed E-state index contributed by atoms with van der Waals surface area (Å²) < 4.78 is 0. The van der Waals surface area contributed by atoms with E-state index in [0.29, 0.717) is 11.8 Å². The van der Waals surface area contributed by atoms with Gasteiger partial charge in [0, 0.05) is 7.05 Å². The first kappa shape index (κ1) is 9.21. The number of aliphatic imine (C=N–C) groups is 1. The average molecular weight is 140 g/mol. The Balaban J connectivity index is 4.17. The first-order chi connectivity index (χ1) is 4.57. The molecule has 0 fully saturated rings. The average Bonchev–Trinajstić information content (AvgIpc) is 1.87. The number of allylic oxidation sites excluding steroid dienone is 1. The van der Waals surface area contributed by atoms with Gasteiger partial charge in [-0.25, -0.2) is 0 Å². The van der Waals surface area contributed by atoms with Gasteiger partial charge in [0.2, 0.25) is 0 Å². The summed E-state index contributed by atoms with van der Waals surface area (Å²) in [5, 5.41) is 0. The zero-order chi connectivity index (χ0) is 8.15. The lowest BCUT2D eigenvalue weighted by atomic mass is 10.1. The van der Waals surface area contributed by atoms with Gasteiger partial charge in [0.25, 0.3) is 0 Å². The van der Waals surface area contributed by atoms with E-state index in [1.807, 2.05) is 6.08 Å². The van der Waals surface area contributed by atoms with Gasteiger partial charge >= 0.3 is 0 Å². The molecule has 0 aromatic heterocycles. The molecule has 0 aliphatic heterocycles. The topological polar surface area (TPSA) is 38.4 Å². The highest BCUT2D eigenvalue weighted by molar-refractivity contribution is 5.91. The van der Waals surface area contributed by atoms with Gasteiger partial charge in [0.15, 0.2) is 0 Å². The van der Waals surface area contributed by atoms with E-state index in [0.717, 1.165) is 0 Å². The number of rotatable bonds is 2. The Morgan fingerprint density at radius 1 is 1.50 bits per heavy atom. The molecule has 0 unspecified atom stereocenters. The fourth-order valence-corrected chi connectivity index (χ4v) is 0.464. The Hall–Kier alpha value is -0.790. The van der Waals surface area contributed by atoms with E-state index in [4.69, 9.17) is 5.73 Å². The number of amidine groups is 1. The highest BCUT2D eigenvalue weighted by Crippen LogP contribution is 2.06. The van der Waals surface area contributed by atoms with Gasteiger partial charge in [-0.15, -0.1) is 0 Å². The summed E-state index contributed by atoms with van der Waals surface area (Å²) in [6.45, 7) is 6.33. The lowest BCUT2D eigenvalue weighted by Gasteiger charge is -2.03. The third-order valence-corrected chi connectivity index (χ3v) is 1.54. The monoisotopic (exact) mass is 140 g/mol. The second kappa shape index (κ2) is 4.09. The van der Waals surface area contributed by atoms with Crippen molar-refractivity contribution in [3.63, 3.8) is 0 Å². The molecule has 0 bridgehead atoms. The highest BCUT2D eigenvalue weighted by atomic mass is 14.8. The molecule has 0 aliphatic rings. The quantitative estimate of drug-likeness (QED) is 0.459. The molecule has 0 radical (unpaired) electrons. The predicted octanol–water partition coefficient (Wildman–Crippen LogP) is 1.58. The van der Waals surface area contributed by atoms with Crippen molar-refractivity contribution in [1.82, 2.24) is 0 Å². The van der Waals surface area contributed by atoms with E-state index < -0.39 is 0 Å². The summed E-state index contributed by atoms with van der Waals surface area (Å²) in [5.74, 6) is 1.16. The van der Waals surface area contributed by atoms with Crippen molar-refractivity contribution in [3.05, 3.63) is 11.6 Å². The molecule has 58 valence electrons. The van der Waals surface area contributed by atoms with Crippen LogP contribution in [0.5, 0.6) is 0 Å². The molecule has 2 heteroatoms. The van der Waals surface area contributed by atoms with Crippen molar-refractivity contribution in [2.75, 3.05) is 7.05 Å². The van der Waals surface area contributed by atoms with E-state index >= 15 is 0 Å². The molecule has 0 rings (SSSR count). The molecule has 0 aromatic carbocycles. The summed E-state index contributed by atoms with van der Waals surface area (Å²) in [4.78, 5) is 3.83. The second-order valence-electron chi connectivity index (χ2n) is 2.69. The fourth-order valence-electron chi connectivity index (χ4n) is 0.464. The molecule has 0 heterocycles. The fraction of sp³-hybridized carbons (Fsp3) is 0.625. The largest absolute Gasteiger partial charge is 0.384 e. The van der Waals surface area contributed by atoms with Gasteiger partial charge in [-0.1, -0.05) is 19.4 Å². The number of nitrogens with two attached hydrogens (primary N) is 1. The van der Waals surface area contributed by atoms with Crippen LogP contribution in [0.1, 0.15) is 20.8 Å². The zero-order valence-electron chi connectivity index (χ0n) is 7.18. The van der Waals surface area contributed by atoms with Crippen LogP contribution in [0.4, 0.5) is 0 Å². The maximum absolute atomic E-state index is 5.49. The maximum atomic E-state index is 5.49. The van der Waals surface area contributed by atoms with E-state index in [9.17, 15) is 0 Å². The van der Waals surface area contributed by atoms with Gasteiger partial charge in [-0.3, -0.25) is 4.99 Å². The van der Waals surface area contributed by atoms with Crippen molar-refractivity contribution < 1.29 is 0 Å². The molecule has 0 saturated heterocycles. The Morgan fingerprint density at radius 3 is 2.30 bits per heavy atom. The summed E-state index contributed by atoms with van der Waals surface area (Å²) in [6, 6.07) is 0. The normalized spacial score (nSPS) is 14.5. The molecule has 2 nitrogen and oxygen atoms in total. The second-order valence-corrected chi connectivity index (χ2v) is 2.69. The smallest absolute Gasteiger partial charge is 0.117 e. The minimum atomic E-state index is 0.556. The lowest BCUT2D eigenvalue weighted by molar-refractivity contribution is 0.770. The van der Waals surface area contributed by atoms with Crippen molar-refractivity contribution in [2.24, 2.45) is 16.6 Å². The summed E-state index contributed by atoms with van der Waals surface area (Å²) in [7, 11) is 1.69. The molecule has 2 N–H and O–H groups in total. The minimum absolute atomic E-state index is 0.556. The Morgan fingerprint density at radius 2 is 2.00 bits per heavy atom. The molecular weight excluding hydrogens is 124 g/mol. The van der Waals surface area contributed by atoms with Gasteiger partial charge in [-0.2, -0.15) is 0 Å². The summed E-state index contributed by atoms with van der Waals surface area (Å²) >= 11 is 0. The number of hydrogen-bond donors (Lipinski definition) is 1. The van der Waals surface area contributed by atoms with E-state index in [2.05, 4.69) is 25.8 Å². The van der Waals surface area contributed by atoms with Crippen LogP contribution in [0.15, 0.2) is 16.6 Å². The molecule has 0 spiro atoms. The summed E-state index contributed by atoms with van der Waals surface area (Å²) in [6.07, 6.45) is 1.91. The van der Waals surface area contributed by atoms with Crippen molar-refractivity contribution in [2.45, 2.75) is 20.8 Å². The van der Waals surface area contributed by atoms with Gasteiger partial charge in [0.1, 0.15) is 5.84 Å². The van der Waals surface area contributed by atoms with Crippen molar-refractivity contribution in [1.29, 1.82) is 0 Å². The van der Waals surface area contributed by atoms with Gasteiger partial charge < -0.3 is 5.73 Å². The van der Waals surface area contributed by atoms with E-state index in [-0.39, 0.29) is 0 Å². The molecule has 0 atom stereocenters. The SMILES string of the molecule is C/N=C(N)\C=C(/C)C(C)C. The molecule has 10 heavy (non-hydrogen) atoms. The summed E-state index contributed by atoms with van der Waals surface area (Å²) in [5.41, 5.74) is 6.75. The van der Waals surface area contributed by atoms with E-state index in [1.165, 1.54) is 5.57 Å².